The van der Waals surface area contributed by atoms with E-state index in [4.69, 9.17) is 4.74 Å². The second-order valence-corrected chi connectivity index (χ2v) is 5.96. The number of nitrogens with zero attached hydrogens (tertiary/aromatic N) is 2. The van der Waals surface area contributed by atoms with Crippen LogP contribution in [0.3, 0.4) is 0 Å². The number of carbonyl (C=O) groups is 1. The molecule has 4 nitrogen and oxygen atoms in total. The maximum atomic E-state index is 11.9. The molecule has 1 heterocycles. The Hall–Kier alpha value is -2.62. The van der Waals surface area contributed by atoms with Crippen LogP contribution in [0.25, 0.3) is 11.0 Å². The summed E-state index contributed by atoms with van der Waals surface area (Å²) in [6, 6.07) is 15.7. The lowest BCUT2D eigenvalue weighted by Gasteiger charge is -2.15. The number of carbonyl (C=O) groups excluding carboxylic acids is 1. The topological polar surface area (TPSA) is 44.1 Å². The molecule has 1 unspecified atom stereocenters. The predicted molar refractivity (Wildman–Crippen MR) is 95.3 cm³/mol. The molecule has 4 heteroatoms. The van der Waals surface area contributed by atoms with Gasteiger partial charge in [-0.15, -0.1) is 0 Å². The van der Waals surface area contributed by atoms with Crippen molar-refractivity contribution in [1.82, 2.24) is 9.55 Å². The van der Waals surface area contributed by atoms with Crippen molar-refractivity contribution < 1.29 is 9.53 Å². The van der Waals surface area contributed by atoms with Crippen molar-refractivity contribution in [3.8, 4) is 5.75 Å². The Morgan fingerprint density at radius 2 is 1.88 bits per heavy atom. The van der Waals surface area contributed by atoms with E-state index in [1.165, 1.54) is 5.56 Å². The van der Waals surface area contributed by atoms with Crippen LogP contribution in [0.2, 0.25) is 0 Å². The molecule has 0 amide bonds. The van der Waals surface area contributed by atoms with Crippen LogP contribution in [0, 0.1) is 0 Å². The van der Waals surface area contributed by atoms with Crippen LogP contribution in [0.5, 0.6) is 5.75 Å². The zero-order valence-corrected chi connectivity index (χ0v) is 14.3. The first-order valence-electron chi connectivity index (χ1n) is 8.28. The van der Waals surface area contributed by atoms with Gasteiger partial charge in [-0.3, -0.25) is 4.79 Å². The molecular weight excluding hydrogens is 300 g/mol. The fourth-order valence-electron chi connectivity index (χ4n) is 2.78. The maximum Gasteiger partial charge on any atom is 0.152 e. The van der Waals surface area contributed by atoms with E-state index in [0.29, 0.717) is 6.61 Å². The number of benzene rings is 2. The number of aromatic nitrogens is 2. The van der Waals surface area contributed by atoms with Gasteiger partial charge in [-0.25, -0.2) is 4.98 Å². The van der Waals surface area contributed by atoms with Gasteiger partial charge >= 0.3 is 0 Å². The molecule has 0 aliphatic heterocycles. The van der Waals surface area contributed by atoms with E-state index in [9.17, 15) is 4.79 Å². The van der Waals surface area contributed by atoms with E-state index in [1.807, 2.05) is 47.9 Å². The van der Waals surface area contributed by atoms with Gasteiger partial charge in [0.05, 0.1) is 17.1 Å². The van der Waals surface area contributed by atoms with Gasteiger partial charge < -0.3 is 9.30 Å². The van der Waals surface area contributed by atoms with Crippen molar-refractivity contribution in [3.63, 3.8) is 0 Å². The van der Waals surface area contributed by atoms with Gasteiger partial charge in [0.2, 0.25) is 0 Å². The molecular formula is C20H22N2O2. The van der Waals surface area contributed by atoms with Crippen LogP contribution in [-0.2, 0) is 17.8 Å². The Labute approximate surface area is 142 Å². The lowest BCUT2D eigenvalue weighted by atomic mass is 10.2. The molecule has 1 atom stereocenters. The summed E-state index contributed by atoms with van der Waals surface area (Å²) in [4.78, 5) is 16.5. The van der Waals surface area contributed by atoms with Crippen LogP contribution in [0.4, 0.5) is 0 Å². The first-order valence-corrected chi connectivity index (χ1v) is 8.28. The van der Waals surface area contributed by atoms with Gasteiger partial charge in [0, 0.05) is 0 Å². The summed E-state index contributed by atoms with van der Waals surface area (Å²) in [6.07, 6.45) is 1.01. The molecule has 0 bridgehead atoms. The van der Waals surface area contributed by atoms with Crippen molar-refractivity contribution in [2.24, 2.45) is 0 Å². The Balaban J connectivity index is 1.90. The van der Waals surface area contributed by atoms with Gasteiger partial charge in [-0.2, -0.15) is 0 Å². The van der Waals surface area contributed by atoms with Gasteiger partial charge in [-0.05, 0) is 50.1 Å². The van der Waals surface area contributed by atoms with E-state index in [1.54, 1.807) is 6.92 Å². The van der Waals surface area contributed by atoms with Crippen molar-refractivity contribution >= 4 is 16.8 Å². The minimum atomic E-state index is -0.265. The summed E-state index contributed by atoms with van der Waals surface area (Å²) in [6.45, 7) is 5.96. The molecule has 2 aromatic carbocycles. The minimum absolute atomic E-state index is 0.103. The first-order chi connectivity index (χ1) is 11.6. The molecule has 3 aromatic rings. The molecule has 0 saturated heterocycles. The predicted octanol–water partition coefficient (Wildman–Crippen LogP) is 4.33. The third-order valence-electron chi connectivity index (χ3n) is 4.34. The number of para-hydroxylation sites is 2. The lowest BCUT2D eigenvalue weighted by molar-refractivity contribution is -0.119. The standard InChI is InChI=1S/C20H22N2O2/c1-4-16-9-11-17(12-10-16)24-13-20-21-18-7-5-6-8-19(18)22(20)14(2)15(3)23/h5-12,14H,4,13H2,1-3H3. The summed E-state index contributed by atoms with van der Waals surface area (Å²) in [7, 11) is 0. The molecule has 0 radical (unpaired) electrons. The second kappa shape index (κ2) is 6.87. The highest BCUT2D eigenvalue weighted by atomic mass is 16.5. The fraction of sp³-hybridized carbons (Fsp3) is 0.300. The molecule has 124 valence electrons. The summed E-state index contributed by atoms with van der Waals surface area (Å²) in [5, 5.41) is 0. The summed E-state index contributed by atoms with van der Waals surface area (Å²) in [5.41, 5.74) is 3.12. The molecule has 0 saturated carbocycles. The zero-order chi connectivity index (χ0) is 17.1. The number of hydrogen-bond acceptors (Lipinski definition) is 3. The molecule has 1 aromatic heterocycles. The lowest BCUT2D eigenvalue weighted by Crippen LogP contribution is -2.17. The normalized spacial score (nSPS) is 12.3. The molecule has 0 aliphatic rings. The van der Waals surface area contributed by atoms with Crippen LogP contribution >= 0.6 is 0 Å². The third kappa shape index (κ3) is 3.18. The van der Waals surface area contributed by atoms with Crippen LogP contribution in [-0.4, -0.2) is 15.3 Å². The van der Waals surface area contributed by atoms with E-state index in [2.05, 4.69) is 24.0 Å². The molecule has 3 rings (SSSR count). The molecule has 24 heavy (non-hydrogen) atoms. The number of aryl methyl sites for hydroxylation is 1. The highest BCUT2D eigenvalue weighted by molar-refractivity contribution is 5.83. The maximum absolute atomic E-state index is 11.9. The van der Waals surface area contributed by atoms with Gasteiger partial charge in [0.25, 0.3) is 0 Å². The van der Waals surface area contributed by atoms with E-state index >= 15 is 0 Å². The van der Waals surface area contributed by atoms with E-state index in [-0.39, 0.29) is 11.8 Å². The first kappa shape index (κ1) is 16.2. The van der Waals surface area contributed by atoms with Crippen molar-refractivity contribution in [3.05, 3.63) is 59.9 Å². The van der Waals surface area contributed by atoms with Crippen LogP contribution in [0.1, 0.15) is 38.2 Å². The Kier molecular flexibility index (Phi) is 4.65. The number of ketones is 1. The van der Waals surface area contributed by atoms with Crippen molar-refractivity contribution in [1.29, 1.82) is 0 Å². The van der Waals surface area contributed by atoms with Crippen molar-refractivity contribution in [2.45, 2.75) is 39.8 Å². The van der Waals surface area contributed by atoms with Crippen LogP contribution < -0.4 is 4.74 Å². The number of fused-ring (bicyclic) bond motifs is 1. The highest BCUT2D eigenvalue weighted by Gasteiger charge is 2.19. The Bertz CT molecular complexity index is 850. The Morgan fingerprint density at radius 3 is 2.54 bits per heavy atom. The number of hydrogen-bond donors (Lipinski definition) is 0. The highest BCUT2D eigenvalue weighted by Crippen LogP contribution is 2.23. The van der Waals surface area contributed by atoms with Gasteiger partial charge in [0.15, 0.2) is 5.78 Å². The second-order valence-electron chi connectivity index (χ2n) is 5.96. The van der Waals surface area contributed by atoms with E-state index in [0.717, 1.165) is 29.0 Å². The smallest absolute Gasteiger partial charge is 0.152 e. The van der Waals surface area contributed by atoms with Gasteiger partial charge in [0.1, 0.15) is 18.2 Å². The average Bonchev–Trinajstić information content (AvgIpc) is 2.97. The zero-order valence-electron chi connectivity index (χ0n) is 14.3. The molecule has 0 N–H and O–H groups in total. The van der Waals surface area contributed by atoms with Crippen molar-refractivity contribution in [2.75, 3.05) is 0 Å². The SMILES string of the molecule is CCc1ccc(OCc2nc3ccccc3n2C(C)C(C)=O)cc1. The molecule has 0 aliphatic carbocycles. The Morgan fingerprint density at radius 1 is 1.17 bits per heavy atom. The fourth-order valence-corrected chi connectivity index (χ4v) is 2.78. The molecule has 0 spiro atoms. The van der Waals surface area contributed by atoms with Gasteiger partial charge in [-0.1, -0.05) is 31.2 Å². The largest absolute Gasteiger partial charge is 0.486 e. The average molecular weight is 322 g/mol. The number of imidazole rings is 1. The number of rotatable bonds is 6. The number of ether oxygens (including phenoxy) is 1. The summed E-state index contributed by atoms with van der Waals surface area (Å²) >= 11 is 0. The monoisotopic (exact) mass is 322 g/mol. The molecule has 0 fully saturated rings. The quantitative estimate of drug-likeness (QED) is 0.678. The number of Topliss-reactive ketones (excluding diaryl/α,β-unsaturated/α-hetero) is 1. The summed E-state index contributed by atoms with van der Waals surface area (Å²) in [5.74, 6) is 1.67. The van der Waals surface area contributed by atoms with E-state index < -0.39 is 0 Å². The summed E-state index contributed by atoms with van der Waals surface area (Å²) < 4.78 is 7.87. The third-order valence-corrected chi connectivity index (χ3v) is 4.34. The van der Waals surface area contributed by atoms with Crippen LogP contribution in [0.15, 0.2) is 48.5 Å². The minimum Gasteiger partial charge on any atom is -0.486 e.